The lowest BCUT2D eigenvalue weighted by molar-refractivity contribution is -0.118. The van der Waals surface area contributed by atoms with Crippen LogP contribution in [0.3, 0.4) is 0 Å². The van der Waals surface area contributed by atoms with Gasteiger partial charge in [0.2, 0.25) is 5.91 Å². The second kappa shape index (κ2) is 5.46. The van der Waals surface area contributed by atoms with Crippen LogP contribution in [0.25, 0.3) is 5.69 Å². The number of primary amides is 1. The molecule has 1 amide bonds. The Morgan fingerprint density at radius 2 is 2.11 bits per heavy atom. The van der Waals surface area contributed by atoms with Gasteiger partial charge < -0.3 is 5.73 Å². The zero-order chi connectivity index (χ0) is 13.0. The van der Waals surface area contributed by atoms with E-state index in [1.807, 2.05) is 53.2 Å². The fraction of sp³-hybridized carbons (Fsp3) is 0.231. The van der Waals surface area contributed by atoms with Crippen molar-refractivity contribution in [1.82, 2.24) is 14.7 Å². The molecule has 1 aromatic heterocycles. The number of aromatic nitrogens is 2. The molecular formula is C13H16N4O. The Hall–Kier alpha value is -2.14. The van der Waals surface area contributed by atoms with Gasteiger partial charge in [-0.1, -0.05) is 18.2 Å². The Morgan fingerprint density at radius 1 is 1.39 bits per heavy atom. The molecular weight excluding hydrogens is 228 g/mol. The first-order chi connectivity index (χ1) is 8.65. The van der Waals surface area contributed by atoms with E-state index in [2.05, 4.69) is 5.10 Å². The number of carbonyl (C=O) groups excluding carboxylic acids is 1. The zero-order valence-corrected chi connectivity index (χ0v) is 10.3. The normalized spacial score (nSPS) is 10.8. The quantitative estimate of drug-likeness (QED) is 0.845. The number of para-hydroxylation sites is 1. The molecule has 0 saturated heterocycles. The van der Waals surface area contributed by atoms with Crippen molar-refractivity contribution in [2.75, 3.05) is 13.6 Å². The van der Waals surface area contributed by atoms with Crippen LogP contribution in [-0.4, -0.2) is 34.2 Å². The average Bonchev–Trinajstić information content (AvgIpc) is 2.77. The summed E-state index contributed by atoms with van der Waals surface area (Å²) in [6.07, 6.45) is 3.75. The van der Waals surface area contributed by atoms with E-state index in [-0.39, 0.29) is 12.5 Å². The van der Waals surface area contributed by atoms with Crippen LogP contribution in [0.5, 0.6) is 0 Å². The summed E-state index contributed by atoms with van der Waals surface area (Å²) in [5.41, 5.74) is 7.20. The van der Waals surface area contributed by atoms with Crippen molar-refractivity contribution in [3.8, 4) is 5.69 Å². The van der Waals surface area contributed by atoms with Gasteiger partial charge in [-0.2, -0.15) is 5.10 Å². The third kappa shape index (κ3) is 3.18. The molecule has 0 unspecified atom stereocenters. The lowest BCUT2D eigenvalue weighted by Gasteiger charge is -2.12. The van der Waals surface area contributed by atoms with E-state index in [9.17, 15) is 4.79 Å². The summed E-state index contributed by atoms with van der Waals surface area (Å²) in [6, 6.07) is 9.88. The predicted octanol–water partition coefficient (Wildman–Crippen LogP) is 0.789. The number of benzene rings is 1. The highest BCUT2D eigenvalue weighted by Crippen LogP contribution is 2.08. The fourth-order valence-corrected chi connectivity index (χ4v) is 1.80. The number of hydrogen-bond acceptors (Lipinski definition) is 3. The molecule has 0 fully saturated rings. The van der Waals surface area contributed by atoms with Crippen molar-refractivity contribution in [2.45, 2.75) is 6.54 Å². The SMILES string of the molecule is CN(CC(N)=O)Cc1cnn(-c2ccccc2)c1. The van der Waals surface area contributed by atoms with Gasteiger partial charge in [0, 0.05) is 18.3 Å². The van der Waals surface area contributed by atoms with Crippen LogP contribution in [0.4, 0.5) is 0 Å². The third-order valence-corrected chi connectivity index (χ3v) is 2.54. The summed E-state index contributed by atoms with van der Waals surface area (Å²) < 4.78 is 1.81. The molecule has 0 aliphatic carbocycles. The van der Waals surface area contributed by atoms with Gasteiger partial charge in [0.1, 0.15) is 0 Å². The minimum absolute atomic E-state index is 0.247. The summed E-state index contributed by atoms with van der Waals surface area (Å²) in [5, 5.41) is 4.29. The number of amides is 1. The first-order valence-corrected chi connectivity index (χ1v) is 5.71. The maximum absolute atomic E-state index is 10.8. The second-order valence-corrected chi connectivity index (χ2v) is 4.27. The first kappa shape index (κ1) is 12.3. The van der Waals surface area contributed by atoms with E-state index >= 15 is 0 Å². The summed E-state index contributed by atoms with van der Waals surface area (Å²) in [7, 11) is 1.85. The van der Waals surface area contributed by atoms with Gasteiger partial charge in [-0.05, 0) is 19.2 Å². The van der Waals surface area contributed by atoms with E-state index in [0.717, 1.165) is 11.3 Å². The molecule has 18 heavy (non-hydrogen) atoms. The van der Waals surface area contributed by atoms with E-state index in [1.165, 1.54) is 0 Å². The number of likely N-dealkylation sites (N-methyl/N-ethyl adjacent to an activating group) is 1. The Balaban J connectivity index is 2.05. The van der Waals surface area contributed by atoms with Gasteiger partial charge in [0.05, 0.1) is 18.4 Å². The zero-order valence-electron chi connectivity index (χ0n) is 10.3. The van der Waals surface area contributed by atoms with Crippen molar-refractivity contribution in [2.24, 2.45) is 5.73 Å². The molecule has 0 bridgehead atoms. The fourth-order valence-electron chi connectivity index (χ4n) is 1.80. The predicted molar refractivity (Wildman–Crippen MR) is 69.1 cm³/mol. The highest BCUT2D eigenvalue weighted by molar-refractivity contribution is 5.75. The minimum atomic E-state index is -0.326. The molecule has 0 atom stereocenters. The van der Waals surface area contributed by atoms with Crippen LogP contribution in [0.15, 0.2) is 42.7 Å². The molecule has 5 heteroatoms. The molecule has 0 aliphatic heterocycles. The minimum Gasteiger partial charge on any atom is -0.369 e. The maximum Gasteiger partial charge on any atom is 0.231 e. The molecule has 2 aromatic rings. The number of hydrogen-bond donors (Lipinski definition) is 1. The smallest absolute Gasteiger partial charge is 0.231 e. The van der Waals surface area contributed by atoms with Crippen molar-refractivity contribution in [1.29, 1.82) is 0 Å². The highest BCUT2D eigenvalue weighted by Gasteiger charge is 2.06. The molecule has 1 aromatic carbocycles. The van der Waals surface area contributed by atoms with Crippen LogP contribution in [0, 0.1) is 0 Å². The largest absolute Gasteiger partial charge is 0.369 e. The van der Waals surface area contributed by atoms with Crippen molar-refractivity contribution < 1.29 is 4.79 Å². The number of carbonyl (C=O) groups is 1. The van der Waals surface area contributed by atoms with Crippen molar-refractivity contribution in [3.63, 3.8) is 0 Å². The second-order valence-electron chi connectivity index (χ2n) is 4.27. The molecule has 0 saturated carbocycles. The van der Waals surface area contributed by atoms with Crippen LogP contribution in [0.2, 0.25) is 0 Å². The van der Waals surface area contributed by atoms with Gasteiger partial charge in [-0.25, -0.2) is 4.68 Å². The standard InChI is InChI=1S/C13H16N4O/c1-16(10-13(14)18)8-11-7-15-17(9-11)12-5-3-2-4-6-12/h2-7,9H,8,10H2,1H3,(H2,14,18). The van der Waals surface area contributed by atoms with Crippen LogP contribution in [-0.2, 0) is 11.3 Å². The van der Waals surface area contributed by atoms with E-state index < -0.39 is 0 Å². The Labute approximate surface area is 106 Å². The summed E-state index contributed by atoms with van der Waals surface area (Å²) in [6.45, 7) is 0.895. The van der Waals surface area contributed by atoms with Crippen molar-refractivity contribution in [3.05, 3.63) is 48.3 Å². The summed E-state index contributed by atoms with van der Waals surface area (Å²) in [4.78, 5) is 12.6. The third-order valence-electron chi connectivity index (χ3n) is 2.54. The van der Waals surface area contributed by atoms with E-state index in [1.54, 1.807) is 6.20 Å². The topological polar surface area (TPSA) is 64.2 Å². The maximum atomic E-state index is 10.8. The molecule has 2 N–H and O–H groups in total. The molecule has 1 heterocycles. The van der Waals surface area contributed by atoms with Crippen LogP contribution < -0.4 is 5.73 Å². The first-order valence-electron chi connectivity index (χ1n) is 5.71. The monoisotopic (exact) mass is 244 g/mol. The number of nitrogens with zero attached hydrogens (tertiary/aromatic N) is 3. The Bertz CT molecular complexity index is 521. The van der Waals surface area contributed by atoms with Gasteiger partial charge >= 0.3 is 0 Å². The van der Waals surface area contributed by atoms with E-state index in [4.69, 9.17) is 5.73 Å². The summed E-state index contributed by atoms with van der Waals surface area (Å²) in [5.74, 6) is -0.326. The molecule has 94 valence electrons. The average molecular weight is 244 g/mol. The number of rotatable bonds is 5. The van der Waals surface area contributed by atoms with Crippen LogP contribution >= 0.6 is 0 Å². The van der Waals surface area contributed by atoms with Gasteiger partial charge in [0.25, 0.3) is 0 Å². The molecule has 5 nitrogen and oxygen atoms in total. The molecule has 0 spiro atoms. The molecule has 0 radical (unpaired) electrons. The lowest BCUT2D eigenvalue weighted by Crippen LogP contribution is -2.30. The van der Waals surface area contributed by atoms with Crippen molar-refractivity contribution >= 4 is 5.91 Å². The van der Waals surface area contributed by atoms with Gasteiger partial charge in [0.15, 0.2) is 0 Å². The molecule has 0 aliphatic rings. The van der Waals surface area contributed by atoms with E-state index in [0.29, 0.717) is 6.54 Å². The highest BCUT2D eigenvalue weighted by atomic mass is 16.1. The molecule has 2 rings (SSSR count). The van der Waals surface area contributed by atoms with Gasteiger partial charge in [-0.15, -0.1) is 0 Å². The summed E-state index contributed by atoms with van der Waals surface area (Å²) >= 11 is 0. The van der Waals surface area contributed by atoms with Gasteiger partial charge in [-0.3, -0.25) is 9.69 Å². The number of nitrogens with two attached hydrogens (primary N) is 1. The van der Waals surface area contributed by atoms with Crippen LogP contribution in [0.1, 0.15) is 5.56 Å². The lowest BCUT2D eigenvalue weighted by atomic mass is 10.3. The Kier molecular flexibility index (Phi) is 3.74. The Morgan fingerprint density at radius 3 is 2.78 bits per heavy atom.